The number of sulfonamides is 1. The number of amides is 1. The topological polar surface area (TPSA) is 102 Å². The smallest absolute Gasteiger partial charge is 0.338 e. The van der Waals surface area contributed by atoms with E-state index in [-0.39, 0.29) is 28.6 Å². The first-order valence-corrected chi connectivity index (χ1v) is 11.5. The molecule has 0 aliphatic carbocycles. The van der Waals surface area contributed by atoms with Gasteiger partial charge in [0.2, 0.25) is 10.0 Å². The van der Waals surface area contributed by atoms with Crippen LogP contribution in [0.25, 0.3) is 0 Å². The molecule has 31 heavy (non-hydrogen) atoms. The lowest BCUT2D eigenvalue weighted by molar-refractivity contribution is -0.119. The number of ether oxygens (including phenoxy) is 2. The van der Waals surface area contributed by atoms with Gasteiger partial charge in [0.25, 0.3) is 5.91 Å². The van der Waals surface area contributed by atoms with E-state index in [0.717, 1.165) is 0 Å². The average Bonchev–Trinajstić information content (AvgIpc) is 2.75. The molecule has 8 nitrogen and oxygen atoms in total. The van der Waals surface area contributed by atoms with Gasteiger partial charge in [-0.1, -0.05) is 29.3 Å². The summed E-state index contributed by atoms with van der Waals surface area (Å²) in [5.74, 6) is -1.43. The molecular formula is C20H20Cl2N2O6S. The lowest BCUT2D eigenvalue weighted by Gasteiger charge is -2.26. The summed E-state index contributed by atoms with van der Waals surface area (Å²) in [5.41, 5.74) is 0.842. The Labute approximate surface area is 190 Å². The van der Waals surface area contributed by atoms with E-state index in [2.05, 4.69) is 5.32 Å². The Morgan fingerprint density at radius 1 is 1.13 bits per heavy atom. The number of anilines is 1. The Kier molecular flexibility index (Phi) is 7.55. The minimum absolute atomic E-state index is 0.0150. The van der Waals surface area contributed by atoms with E-state index in [4.69, 9.17) is 32.7 Å². The molecule has 1 aliphatic rings. The van der Waals surface area contributed by atoms with Crippen LogP contribution in [-0.2, 0) is 24.3 Å². The molecule has 11 heteroatoms. The molecule has 1 saturated heterocycles. The van der Waals surface area contributed by atoms with Crippen molar-refractivity contribution in [1.29, 1.82) is 0 Å². The van der Waals surface area contributed by atoms with Gasteiger partial charge in [-0.15, -0.1) is 0 Å². The number of morpholine rings is 1. The maximum absolute atomic E-state index is 12.9. The maximum atomic E-state index is 12.9. The van der Waals surface area contributed by atoms with E-state index in [1.165, 1.54) is 34.6 Å². The zero-order valence-corrected chi connectivity index (χ0v) is 18.9. The van der Waals surface area contributed by atoms with Crippen molar-refractivity contribution in [3.8, 4) is 0 Å². The van der Waals surface area contributed by atoms with Gasteiger partial charge in [-0.3, -0.25) is 4.79 Å². The highest BCUT2D eigenvalue weighted by atomic mass is 35.5. The number of hydrogen-bond donors (Lipinski definition) is 1. The molecule has 0 bridgehead atoms. The highest BCUT2D eigenvalue weighted by Gasteiger charge is 2.28. The fourth-order valence-corrected chi connectivity index (χ4v) is 5.04. The third-order valence-electron chi connectivity index (χ3n) is 4.55. The lowest BCUT2D eigenvalue weighted by Crippen LogP contribution is -2.40. The predicted octanol–water partition coefficient (Wildman–Crippen LogP) is 3.12. The Hall–Kier alpha value is -2.17. The first kappa shape index (κ1) is 23.5. The van der Waals surface area contributed by atoms with Crippen LogP contribution in [0.5, 0.6) is 0 Å². The monoisotopic (exact) mass is 486 g/mol. The second-order valence-corrected chi connectivity index (χ2v) is 9.50. The Morgan fingerprint density at radius 2 is 1.84 bits per heavy atom. The molecule has 1 heterocycles. The SMILES string of the molecule is Cc1ccc(C(=O)OCC(=O)Nc2ccc(Cl)cc2Cl)cc1S(=O)(=O)N1CCOCC1. The van der Waals surface area contributed by atoms with Crippen molar-refractivity contribution >= 4 is 50.8 Å². The third-order valence-corrected chi connectivity index (χ3v) is 7.14. The van der Waals surface area contributed by atoms with Crippen LogP contribution in [0.1, 0.15) is 15.9 Å². The van der Waals surface area contributed by atoms with Gasteiger partial charge in [0.15, 0.2) is 6.61 Å². The number of esters is 1. The number of halogens is 2. The first-order chi connectivity index (χ1) is 14.7. The molecule has 0 aromatic heterocycles. The van der Waals surface area contributed by atoms with Crippen LogP contribution in [0.3, 0.4) is 0 Å². The average molecular weight is 487 g/mol. The van der Waals surface area contributed by atoms with Crippen molar-refractivity contribution < 1.29 is 27.5 Å². The van der Waals surface area contributed by atoms with Crippen LogP contribution in [0.2, 0.25) is 10.0 Å². The quantitative estimate of drug-likeness (QED) is 0.629. The summed E-state index contributed by atoms with van der Waals surface area (Å²) in [7, 11) is -3.79. The summed E-state index contributed by atoms with van der Waals surface area (Å²) in [6.07, 6.45) is 0. The second-order valence-electron chi connectivity index (χ2n) is 6.75. The van der Waals surface area contributed by atoms with Gasteiger partial charge in [0.05, 0.1) is 34.4 Å². The van der Waals surface area contributed by atoms with Crippen LogP contribution in [0, 0.1) is 6.92 Å². The number of carbonyl (C=O) groups excluding carboxylic acids is 2. The fraction of sp³-hybridized carbons (Fsp3) is 0.300. The van der Waals surface area contributed by atoms with Gasteiger partial charge in [-0.05, 0) is 42.8 Å². The minimum Gasteiger partial charge on any atom is -0.452 e. The standard InChI is InChI=1S/C20H20Cl2N2O6S/c1-13-2-3-14(10-18(13)31(27,28)24-6-8-29-9-7-24)20(26)30-12-19(25)23-17-5-4-15(21)11-16(17)22/h2-5,10-11H,6-9,12H2,1H3,(H,23,25). The number of aryl methyl sites for hydroxylation is 1. The molecular weight excluding hydrogens is 467 g/mol. The number of rotatable bonds is 6. The van der Waals surface area contributed by atoms with Gasteiger partial charge in [-0.25, -0.2) is 13.2 Å². The van der Waals surface area contributed by atoms with Crippen molar-refractivity contribution in [1.82, 2.24) is 4.31 Å². The summed E-state index contributed by atoms with van der Waals surface area (Å²) < 4.78 is 37.4. The molecule has 1 fully saturated rings. The van der Waals surface area contributed by atoms with Gasteiger partial charge in [0, 0.05) is 18.1 Å². The highest BCUT2D eigenvalue weighted by molar-refractivity contribution is 7.89. The van der Waals surface area contributed by atoms with E-state index >= 15 is 0 Å². The molecule has 0 unspecified atom stereocenters. The molecule has 3 rings (SSSR count). The number of hydrogen-bond acceptors (Lipinski definition) is 6. The zero-order chi connectivity index (χ0) is 22.6. The third kappa shape index (κ3) is 5.75. The van der Waals surface area contributed by atoms with Crippen molar-refractivity contribution in [2.24, 2.45) is 0 Å². The van der Waals surface area contributed by atoms with Crippen molar-refractivity contribution in [3.63, 3.8) is 0 Å². The van der Waals surface area contributed by atoms with E-state index < -0.39 is 28.5 Å². The van der Waals surface area contributed by atoms with E-state index in [1.54, 1.807) is 13.0 Å². The number of benzene rings is 2. The minimum atomic E-state index is -3.79. The highest BCUT2D eigenvalue weighted by Crippen LogP contribution is 2.25. The maximum Gasteiger partial charge on any atom is 0.338 e. The molecule has 0 atom stereocenters. The first-order valence-electron chi connectivity index (χ1n) is 9.29. The Balaban J connectivity index is 1.68. The fourth-order valence-electron chi connectivity index (χ4n) is 2.92. The van der Waals surface area contributed by atoms with E-state index in [0.29, 0.717) is 29.5 Å². The molecule has 1 aliphatic heterocycles. The van der Waals surface area contributed by atoms with Crippen LogP contribution >= 0.6 is 23.2 Å². The summed E-state index contributed by atoms with van der Waals surface area (Å²) in [6.45, 7) is 2.18. The normalized spacial score (nSPS) is 14.8. The van der Waals surface area contributed by atoms with Crippen LogP contribution in [0.4, 0.5) is 5.69 Å². The zero-order valence-electron chi connectivity index (χ0n) is 16.6. The van der Waals surface area contributed by atoms with Crippen LogP contribution in [0.15, 0.2) is 41.3 Å². The molecule has 2 aromatic rings. The van der Waals surface area contributed by atoms with Gasteiger partial charge < -0.3 is 14.8 Å². The largest absolute Gasteiger partial charge is 0.452 e. The molecule has 0 radical (unpaired) electrons. The lowest BCUT2D eigenvalue weighted by atomic mass is 10.1. The summed E-state index contributed by atoms with van der Waals surface area (Å²) in [5, 5.41) is 3.16. The number of nitrogens with zero attached hydrogens (tertiary/aromatic N) is 1. The molecule has 166 valence electrons. The Bertz CT molecular complexity index is 1100. The van der Waals surface area contributed by atoms with Gasteiger partial charge in [-0.2, -0.15) is 4.31 Å². The predicted molar refractivity (Wildman–Crippen MR) is 116 cm³/mol. The van der Waals surface area contributed by atoms with E-state index in [1.807, 2.05) is 0 Å². The van der Waals surface area contributed by atoms with Gasteiger partial charge in [0.1, 0.15) is 0 Å². The van der Waals surface area contributed by atoms with Crippen molar-refractivity contribution in [3.05, 3.63) is 57.6 Å². The van der Waals surface area contributed by atoms with Crippen LogP contribution in [-0.4, -0.2) is 57.5 Å². The second kappa shape index (κ2) is 9.97. The number of carbonyl (C=O) groups is 2. The molecule has 2 aromatic carbocycles. The van der Waals surface area contributed by atoms with E-state index in [9.17, 15) is 18.0 Å². The van der Waals surface area contributed by atoms with Crippen molar-refractivity contribution in [2.45, 2.75) is 11.8 Å². The Morgan fingerprint density at radius 3 is 2.52 bits per heavy atom. The molecule has 0 saturated carbocycles. The summed E-state index contributed by atoms with van der Waals surface area (Å²) in [4.78, 5) is 24.5. The van der Waals surface area contributed by atoms with Crippen LogP contribution < -0.4 is 5.32 Å². The summed E-state index contributed by atoms with van der Waals surface area (Å²) >= 11 is 11.8. The summed E-state index contributed by atoms with van der Waals surface area (Å²) in [6, 6.07) is 8.77. The van der Waals surface area contributed by atoms with Gasteiger partial charge >= 0.3 is 5.97 Å². The molecule has 0 spiro atoms. The molecule has 1 N–H and O–H groups in total. The van der Waals surface area contributed by atoms with Crippen molar-refractivity contribution in [2.75, 3.05) is 38.2 Å². The number of nitrogens with one attached hydrogen (secondary N) is 1. The molecule has 1 amide bonds.